The fourth-order valence-corrected chi connectivity index (χ4v) is 1.64. The average molecular weight is 266 g/mol. The van der Waals surface area contributed by atoms with Gasteiger partial charge in [-0.2, -0.15) is 0 Å². The summed E-state index contributed by atoms with van der Waals surface area (Å²) in [5.74, 6) is 2.51. The molecule has 0 amide bonds. The molecule has 1 aromatic rings. The van der Waals surface area contributed by atoms with Crippen LogP contribution in [0.1, 0.15) is 0 Å². The van der Waals surface area contributed by atoms with Gasteiger partial charge in [-0.05, 0) is 0 Å². The molecule has 0 aliphatic carbocycles. The van der Waals surface area contributed by atoms with Crippen LogP contribution in [-0.2, 0) is 0 Å². The van der Waals surface area contributed by atoms with Crippen LogP contribution in [0.25, 0.3) is 0 Å². The molecule has 1 N–H and O–H groups in total. The summed E-state index contributed by atoms with van der Waals surface area (Å²) < 4.78 is 16.0. The topological polar surface area (TPSA) is 52.1 Å². The number of benzene rings is 1. The van der Waals surface area contributed by atoms with Gasteiger partial charge in [-0.15, -0.1) is 12.6 Å². The summed E-state index contributed by atoms with van der Waals surface area (Å²) in [5.41, 5.74) is -0.294. The minimum atomic E-state index is -0.294. The molecule has 0 radical (unpaired) electrons. The fourth-order valence-electron chi connectivity index (χ4n) is 1.44. The number of methoxy groups -OCH3 is 2. The molecule has 0 saturated heterocycles. The van der Waals surface area contributed by atoms with E-state index in [4.69, 9.17) is 14.2 Å². The normalized spacial score (nSPS) is 17.7. The Labute approximate surface area is 111 Å². The van der Waals surface area contributed by atoms with E-state index in [1.807, 2.05) is 0 Å². The number of nitrogens with zero attached hydrogens (tertiary/aromatic N) is 1. The number of ether oxygens (including phenoxy) is 3. The highest BCUT2D eigenvalue weighted by atomic mass is 32.1. The van der Waals surface area contributed by atoms with Crippen molar-refractivity contribution in [2.24, 2.45) is 4.99 Å². The van der Waals surface area contributed by atoms with E-state index in [0.29, 0.717) is 23.1 Å². The van der Waals surface area contributed by atoms with Crippen molar-refractivity contribution in [3.05, 3.63) is 30.2 Å². The number of thiol groups is 1. The van der Waals surface area contributed by atoms with E-state index in [1.54, 1.807) is 44.7 Å². The molecule has 6 heteroatoms. The second kappa shape index (κ2) is 5.68. The Hall–Kier alpha value is -1.82. The lowest BCUT2D eigenvalue weighted by molar-refractivity contribution is 0.359. The SMILES string of the molecule is COc1cc(OC)cc(OC2=CC=NC(S)N2)c1. The van der Waals surface area contributed by atoms with Crippen LogP contribution in [0.4, 0.5) is 0 Å². The first-order valence-corrected chi connectivity index (χ1v) is 5.82. The third kappa shape index (κ3) is 3.10. The molecule has 0 bridgehead atoms. The van der Waals surface area contributed by atoms with Crippen molar-refractivity contribution in [3.8, 4) is 17.2 Å². The molecule has 1 aliphatic rings. The molecular formula is C12H14N2O3S. The lowest BCUT2D eigenvalue weighted by Gasteiger charge is -2.17. The predicted octanol–water partition coefficient (Wildman–Crippen LogP) is 1.81. The molecule has 0 fully saturated rings. The van der Waals surface area contributed by atoms with Crippen LogP contribution in [0.3, 0.4) is 0 Å². The largest absolute Gasteiger partial charge is 0.496 e. The Morgan fingerprint density at radius 3 is 2.28 bits per heavy atom. The average Bonchev–Trinajstić information content (AvgIpc) is 2.38. The number of allylic oxidation sites excluding steroid dienone is 1. The zero-order valence-electron chi connectivity index (χ0n) is 10.1. The summed E-state index contributed by atoms with van der Waals surface area (Å²) in [7, 11) is 3.18. The summed E-state index contributed by atoms with van der Waals surface area (Å²) >= 11 is 4.19. The minimum absolute atomic E-state index is 0.294. The Morgan fingerprint density at radius 2 is 1.72 bits per heavy atom. The van der Waals surface area contributed by atoms with Crippen LogP contribution in [0.15, 0.2) is 35.2 Å². The van der Waals surface area contributed by atoms with E-state index in [0.717, 1.165) is 0 Å². The number of hydrogen-bond donors (Lipinski definition) is 2. The van der Waals surface area contributed by atoms with Gasteiger partial charge in [-0.3, -0.25) is 4.99 Å². The standard InChI is InChI=1S/C12H14N2O3S/c1-15-8-5-9(16-2)7-10(6-8)17-11-3-4-13-12(18)14-11/h3-7,12,14,18H,1-2H3. The fraction of sp³-hybridized carbons (Fsp3) is 0.250. The second-order valence-electron chi connectivity index (χ2n) is 3.50. The first-order valence-electron chi connectivity index (χ1n) is 5.30. The maximum atomic E-state index is 5.66. The van der Waals surface area contributed by atoms with Gasteiger partial charge in [0, 0.05) is 30.5 Å². The van der Waals surface area contributed by atoms with Crippen LogP contribution in [-0.4, -0.2) is 25.9 Å². The Kier molecular flexibility index (Phi) is 3.99. The molecule has 2 rings (SSSR count). The highest BCUT2D eigenvalue weighted by Gasteiger charge is 2.10. The van der Waals surface area contributed by atoms with E-state index >= 15 is 0 Å². The van der Waals surface area contributed by atoms with Gasteiger partial charge < -0.3 is 19.5 Å². The third-order valence-electron chi connectivity index (χ3n) is 2.28. The van der Waals surface area contributed by atoms with Crippen molar-refractivity contribution in [2.45, 2.75) is 5.50 Å². The predicted molar refractivity (Wildman–Crippen MR) is 72.7 cm³/mol. The summed E-state index contributed by atoms with van der Waals surface area (Å²) in [6.07, 6.45) is 3.36. The lowest BCUT2D eigenvalue weighted by atomic mass is 10.3. The number of rotatable bonds is 4. The van der Waals surface area contributed by atoms with Gasteiger partial charge in [-0.1, -0.05) is 0 Å². The number of hydrogen-bond acceptors (Lipinski definition) is 6. The zero-order valence-corrected chi connectivity index (χ0v) is 11.0. The lowest BCUT2D eigenvalue weighted by Crippen LogP contribution is -2.27. The molecular weight excluding hydrogens is 252 g/mol. The van der Waals surface area contributed by atoms with Crippen LogP contribution in [0.2, 0.25) is 0 Å². The van der Waals surface area contributed by atoms with E-state index in [-0.39, 0.29) is 5.50 Å². The van der Waals surface area contributed by atoms with Crippen LogP contribution in [0.5, 0.6) is 17.2 Å². The molecule has 1 aromatic carbocycles. The first-order chi connectivity index (χ1) is 8.71. The molecule has 0 saturated carbocycles. The molecule has 5 nitrogen and oxygen atoms in total. The van der Waals surface area contributed by atoms with Crippen molar-refractivity contribution in [1.29, 1.82) is 0 Å². The van der Waals surface area contributed by atoms with Crippen molar-refractivity contribution in [1.82, 2.24) is 5.32 Å². The van der Waals surface area contributed by atoms with Gasteiger partial charge in [0.2, 0.25) is 0 Å². The van der Waals surface area contributed by atoms with Crippen LogP contribution in [0, 0.1) is 0 Å². The van der Waals surface area contributed by atoms with Gasteiger partial charge in [0.25, 0.3) is 0 Å². The smallest absolute Gasteiger partial charge is 0.197 e. The number of nitrogens with one attached hydrogen (secondary N) is 1. The molecule has 1 unspecified atom stereocenters. The summed E-state index contributed by atoms with van der Waals surface area (Å²) in [5, 5.41) is 2.96. The van der Waals surface area contributed by atoms with Crippen LogP contribution >= 0.6 is 12.6 Å². The van der Waals surface area contributed by atoms with Crippen molar-refractivity contribution in [2.75, 3.05) is 14.2 Å². The van der Waals surface area contributed by atoms with E-state index in [1.165, 1.54) is 0 Å². The van der Waals surface area contributed by atoms with Gasteiger partial charge >= 0.3 is 0 Å². The van der Waals surface area contributed by atoms with E-state index in [9.17, 15) is 0 Å². The molecule has 0 spiro atoms. The van der Waals surface area contributed by atoms with Gasteiger partial charge in [-0.25, -0.2) is 0 Å². The second-order valence-corrected chi connectivity index (χ2v) is 3.99. The molecule has 18 heavy (non-hydrogen) atoms. The van der Waals surface area contributed by atoms with Gasteiger partial charge in [0.15, 0.2) is 11.4 Å². The molecule has 1 aliphatic heterocycles. The Morgan fingerprint density at radius 1 is 1.11 bits per heavy atom. The highest BCUT2D eigenvalue weighted by molar-refractivity contribution is 7.80. The van der Waals surface area contributed by atoms with Gasteiger partial charge in [0.05, 0.1) is 14.2 Å². The van der Waals surface area contributed by atoms with Crippen LogP contribution < -0.4 is 19.5 Å². The first kappa shape index (κ1) is 12.6. The molecule has 1 heterocycles. The Balaban J connectivity index is 2.18. The molecule has 96 valence electrons. The Bertz CT molecular complexity index is 466. The monoisotopic (exact) mass is 266 g/mol. The van der Waals surface area contributed by atoms with E-state index in [2.05, 4.69) is 22.9 Å². The zero-order chi connectivity index (χ0) is 13.0. The summed E-state index contributed by atoms with van der Waals surface area (Å²) in [6.45, 7) is 0. The minimum Gasteiger partial charge on any atom is -0.496 e. The molecule has 0 aromatic heterocycles. The quantitative estimate of drug-likeness (QED) is 0.816. The van der Waals surface area contributed by atoms with Crippen molar-refractivity contribution < 1.29 is 14.2 Å². The molecule has 1 atom stereocenters. The summed E-state index contributed by atoms with van der Waals surface area (Å²) in [4.78, 5) is 4.01. The third-order valence-corrected chi connectivity index (χ3v) is 2.54. The maximum absolute atomic E-state index is 5.66. The van der Waals surface area contributed by atoms with Crippen molar-refractivity contribution >= 4 is 18.8 Å². The highest BCUT2D eigenvalue weighted by Crippen LogP contribution is 2.28. The maximum Gasteiger partial charge on any atom is 0.197 e. The summed E-state index contributed by atoms with van der Waals surface area (Å²) in [6, 6.07) is 5.31. The van der Waals surface area contributed by atoms with Gasteiger partial charge in [0.1, 0.15) is 17.2 Å². The van der Waals surface area contributed by atoms with E-state index < -0.39 is 0 Å². The van der Waals surface area contributed by atoms with Crippen molar-refractivity contribution in [3.63, 3.8) is 0 Å². The number of aliphatic imine (C=N–C) groups is 1.